The Morgan fingerprint density at radius 2 is 2.04 bits per heavy atom. The van der Waals surface area contributed by atoms with E-state index in [1.165, 1.54) is 19.2 Å². The average molecular weight is 346 g/mol. The molecule has 0 aliphatic carbocycles. The highest BCUT2D eigenvalue weighted by Crippen LogP contribution is 2.32. The zero-order chi connectivity index (χ0) is 17.8. The molecular formula is C18H19FN2O4. The molecule has 1 aliphatic rings. The van der Waals surface area contributed by atoms with Gasteiger partial charge < -0.3 is 24.4 Å². The van der Waals surface area contributed by atoms with Crippen LogP contribution in [-0.4, -0.2) is 31.4 Å². The quantitative estimate of drug-likeness (QED) is 0.898. The lowest BCUT2D eigenvalue weighted by Gasteiger charge is -2.22. The first-order chi connectivity index (χ1) is 12.1. The molecule has 0 aromatic heterocycles. The van der Waals surface area contributed by atoms with Crippen LogP contribution >= 0.6 is 0 Å². The molecule has 132 valence electrons. The maximum absolute atomic E-state index is 13.7. The highest BCUT2D eigenvalue weighted by molar-refractivity contribution is 5.89. The van der Waals surface area contributed by atoms with Crippen LogP contribution in [0.25, 0.3) is 0 Å². The van der Waals surface area contributed by atoms with Gasteiger partial charge in [-0.05, 0) is 36.8 Å². The molecule has 2 aromatic rings. The molecule has 2 amide bonds. The van der Waals surface area contributed by atoms with Gasteiger partial charge in [0.1, 0.15) is 0 Å². The Morgan fingerprint density at radius 1 is 1.24 bits per heavy atom. The second-order valence-corrected chi connectivity index (χ2v) is 5.48. The number of methoxy groups -OCH3 is 1. The number of nitrogens with zero attached hydrogens (tertiary/aromatic N) is 1. The zero-order valence-electron chi connectivity index (χ0n) is 14.0. The summed E-state index contributed by atoms with van der Waals surface area (Å²) >= 11 is 0. The van der Waals surface area contributed by atoms with E-state index in [0.29, 0.717) is 30.3 Å². The summed E-state index contributed by atoms with van der Waals surface area (Å²) in [5, 5.41) is 2.69. The molecule has 3 rings (SSSR count). The average Bonchev–Trinajstić information content (AvgIpc) is 3.07. The Balaban J connectivity index is 1.68. The molecule has 0 atom stereocenters. The van der Waals surface area contributed by atoms with Crippen molar-refractivity contribution in [2.24, 2.45) is 0 Å². The van der Waals surface area contributed by atoms with Gasteiger partial charge in [0.2, 0.25) is 6.79 Å². The third-order valence-electron chi connectivity index (χ3n) is 3.88. The van der Waals surface area contributed by atoms with Crippen LogP contribution in [0.3, 0.4) is 0 Å². The van der Waals surface area contributed by atoms with Crippen LogP contribution in [0.5, 0.6) is 17.2 Å². The molecule has 25 heavy (non-hydrogen) atoms. The lowest BCUT2D eigenvalue weighted by molar-refractivity contribution is 0.174. The van der Waals surface area contributed by atoms with Crippen molar-refractivity contribution in [2.75, 3.05) is 25.8 Å². The first-order valence-electron chi connectivity index (χ1n) is 7.88. The Bertz CT molecular complexity index is 782. The van der Waals surface area contributed by atoms with Gasteiger partial charge in [-0.2, -0.15) is 0 Å². The monoisotopic (exact) mass is 346 g/mol. The molecule has 1 N–H and O–H groups in total. The molecule has 0 radical (unpaired) electrons. The summed E-state index contributed by atoms with van der Waals surface area (Å²) in [6.45, 7) is 2.98. The number of nitrogens with one attached hydrogen (secondary N) is 1. The number of anilines is 1. The number of urea groups is 1. The number of ether oxygens (including phenoxy) is 3. The third-order valence-corrected chi connectivity index (χ3v) is 3.88. The molecule has 0 unspecified atom stereocenters. The van der Waals surface area contributed by atoms with Crippen molar-refractivity contribution in [3.05, 3.63) is 47.8 Å². The van der Waals surface area contributed by atoms with Gasteiger partial charge in [0.15, 0.2) is 23.1 Å². The molecule has 1 heterocycles. The number of carbonyl (C=O) groups excluding carboxylic acids is 1. The van der Waals surface area contributed by atoms with Gasteiger partial charge in [0.05, 0.1) is 7.11 Å². The van der Waals surface area contributed by atoms with Gasteiger partial charge in [0, 0.05) is 24.8 Å². The standard InChI is InChI=1S/C18H19FN2O4/c1-3-21(10-12-4-6-16-17(8-12)25-11-24-16)18(22)20-13-5-7-15(23-2)14(19)9-13/h4-9H,3,10-11H2,1-2H3,(H,20,22). The smallest absolute Gasteiger partial charge is 0.322 e. The molecule has 0 saturated heterocycles. The summed E-state index contributed by atoms with van der Waals surface area (Å²) in [6.07, 6.45) is 0. The molecule has 0 fully saturated rings. The van der Waals surface area contributed by atoms with Crippen LogP contribution in [0.1, 0.15) is 12.5 Å². The van der Waals surface area contributed by atoms with Crippen molar-refractivity contribution in [3.8, 4) is 17.2 Å². The maximum atomic E-state index is 13.7. The number of fused-ring (bicyclic) bond motifs is 1. The zero-order valence-corrected chi connectivity index (χ0v) is 14.0. The van der Waals surface area contributed by atoms with E-state index in [1.54, 1.807) is 11.0 Å². The summed E-state index contributed by atoms with van der Waals surface area (Å²) in [7, 11) is 1.39. The van der Waals surface area contributed by atoms with Gasteiger partial charge in [0.25, 0.3) is 0 Å². The number of benzene rings is 2. The van der Waals surface area contributed by atoms with Crippen LogP contribution in [-0.2, 0) is 6.54 Å². The van der Waals surface area contributed by atoms with Crippen molar-refractivity contribution in [3.63, 3.8) is 0 Å². The Labute approximate surface area is 145 Å². The summed E-state index contributed by atoms with van der Waals surface area (Å²) in [6, 6.07) is 9.53. The van der Waals surface area contributed by atoms with E-state index >= 15 is 0 Å². The Kier molecular flexibility index (Phi) is 4.92. The van der Waals surface area contributed by atoms with E-state index in [1.807, 2.05) is 25.1 Å². The normalized spacial score (nSPS) is 12.0. The minimum Gasteiger partial charge on any atom is -0.494 e. The van der Waals surface area contributed by atoms with Crippen molar-refractivity contribution in [2.45, 2.75) is 13.5 Å². The number of hydrogen-bond acceptors (Lipinski definition) is 4. The predicted octanol–water partition coefficient (Wildman–Crippen LogP) is 3.62. The third kappa shape index (κ3) is 3.76. The van der Waals surface area contributed by atoms with Gasteiger partial charge in [-0.1, -0.05) is 6.07 Å². The molecule has 2 aromatic carbocycles. The summed E-state index contributed by atoms with van der Waals surface area (Å²) in [5.41, 5.74) is 1.29. The highest BCUT2D eigenvalue weighted by Gasteiger charge is 2.17. The van der Waals surface area contributed by atoms with Gasteiger partial charge >= 0.3 is 6.03 Å². The van der Waals surface area contributed by atoms with Crippen molar-refractivity contribution in [1.29, 1.82) is 0 Å². The van der Waals surface area contributed by atoms with Crippen LogP contribution in [0.15, 0.2) is 36.4 Å². The maximum Gasteiger partial charge on any atom is 0.322 e. The van der Waals surface area contributed by atoms with Crippen molar-refractivity contribution >= 4 is 11.7 Å². The number of rotatable bonds is 5. The summed E-state index contributed by atoms with van der Waals surface area (Å²) in [4.78, 5) is 14.1. The van der Waals surface area contributed by atoms with E-state index in [9.17, 15) is 9.18 Å². The number of halogens is 1. The number of hydrogen-bond donors (Lipinski definition) is 1. The van der Waals surface area contributed by atoms with E-state index < -0.39 is 5.82 Å². The van der Waals surface area contributed by atoms with E-state index in [0.717, 1.165) is 5.56 Å². The van der Waals surface area contributed by atoms with E-state index in [2.05, 4.69) is 5.32 Å². The van der Waals surface area contributed by atoms with E-state index in [-0.39, 0.29) is 18.6 Å². The summed E-state index contributed by atoms with van der Waals surface area (Å²) in [5.74, 6) is 0.973. The largest absolute Gasteiger partial charge is 0.494 e. The predicted molar refractivity (Wildman–Crippen MR) is 90.6 cm³/mol. The molecule has 1 aliphatic heterocycles. The lowest BCUT2D eigenvalue weighted by atomic mass is 10.2. The minimum absolute atomic E-state index is 0.130. The number of amides is 2. The van der Waals surface area contributed by atoms with Gasteiger partial charge in [-0.3, -0.25) is 0 Å². The SMILES string of the molecule is CCN(Cc1ccc2c(c1)OCO2)C(=O)Nc1ccc(OC)c(F)c1. The fourth-order valence-electron chi connectivity index (χ4n) is 2.53. The van der Waals surface area contributed by atoms with Crippen LogP contribution < -0.4 is 19.5 Å². The highest BCUT2D eigenvalue weighted by atomic mass is 19.1. The molecule has 6 nitrogen and oxygen atoms in total. The van der Waals surface area contributed by atoms with Crippen LogP contribution in [0.2, 0.25) is 0 Å². The van der Waals surface area contributed by atoms with Crippen LogP contribution in [0, 0.1) is 5.82 Å². The number of carbonyl (C=O) groups is 1. The van der Waals surface area contributed by atoms with E-state index in [4.69, 9.17) is 14.2 Å². The molecular weight excluding hydrogens is 327 g/mol. The fourth-order valence-corrected chi connectivity index (χ4v) is 2.53. The van der Waals surface area contributed by atoms with Gasteiger partial charge in [-0.15, -0.1) is 0 Å². The van der Waals surface area contributed by atoms with Crippen molar-refractivity contribution < 1.29 is 23.4 Å². The van der Waals surface area contributed by atoms with Crippen molar-refractivity contribution in [1.82, 2.24) is 4.90 Å². The Morgan fingerprint density at radius 3 is 2.76 bits per heavy atom. The van der Waals surface area contributed by atoms with Gasteiger partial charge in [-0.25, -0.2) is 9.18 Å². The first-order valence-corrected chi connectivity index (χ1v) is 7.88. The molecule has 0 bridgehead atoms. The first kappa shape index (κ1) is 16.9. The van der Waals surface area contributed by atoms with Crippen LogP contribution in [0.4, 0.5) is 14.9 Å². The topological polar surface area (TPSA) is 60.0 Å². The minimum atomic E-state index is -0.529. The molecule has 0 spiro atoms. The molecule has 7 heteroatoms. The molecule has 0 saturated carbocycles. The second kappa shape index (κ2) is 7.29. The Hall–Kier alpha value is -2.96. The lowest BCUT2D eigenvalue weighted by Crippen LogP contribution is -2.34. The summed E-state index contributed by atoms with van der Waals surface area (Å²) < 4.78 is 29.2. The second-order valence-electron chi connectivity index (χ2n) is 5.48. The fraction of sp³-hybridized carbons (Fsp3) is 0.278.